The second-order valence-corrected chi connectivity index (χ2v) is 2.84. The van der Waals surface area contributed by atoms with E-state index >= 15 is 0 Å². The highest BCUT2D eigenvalue weighted by Gasteiger charge is 2.12. The lowest BCUT2D eigenvalue weighted by molar-refractivity contribution is -0.474. The molecule has 0 aliphatic rings. The summed E-state index contributed by atoms with van der Waals surface area (Å²) in [4.78, 5) is 17.1. The van der Waals surface area contributed by atoms with Crippen molar-refractivity contribution in [1.82, 2.24) is 10.4 Å². The van der Waals surface area contributed by atoms with Crippen LogP contribution in [-0.2, 0) is 9.63 Å². The molecule has 0 fully saturated rings. The van der Waals surface area contributed by atoms with Crippen LogP contribution in [0.4, 0.5) is 0 Å². The first kappa shape index (κ1) is 11.5. The Morgan fingerprint density at radius 3 is 2.38 bits per heavy atom. The molecule has 0 atom stereocenters. The van der Waals surface area contributed by atoms with Crippen LogP contribution in [0, 0.1) is 0 Å². The molecule has 0 heterocycles. The van der Waals surface area contributed by atoms with Gasteiger partial charge in [-0.15, -0.1) is 0 Å². The highest BCUT2D eigenvalue weighted by atomic mass is 16.7. The summed E-state index contributed by atoms with van der Waals surface area (Å²) >= 11 is 0. The highest BCUT2D eigenvalue weighted by molar-refractivity contribution is 5.83. The molecule has 5 heteroatoms. The summed E-state index contributed by atoms with van der Waals surface area (Å²) in [5.41, 5.74) is 2.52. The Bertz CT molecular complexity index is 230. The monoisotopic (exact) mass is 186 g/mol. The first-order chi connectivity index (χ1) is 5.99. The van der Waals surface area contributed by atoms with Gasteiger partial charge in [0.25, 0.3) is 0 Å². The normalized spacial score (nSPS) is 8.62. The van der Waals surface area contributed by atoms with Crippen molar-refractivity contribution in [1.29, 1.82) is 0 Å². The van der Waals surface area contributed by atoms with Crippen molar-refractivity contribution in [3.63, 3.8) is 0 Å². The van der Waals surface area contributed by atoms with E-state index in [1.165, 1.54) is 0 Å². The number of hydroxylamine groups is 1. The molecule has 0 aromatic rings. The molecular weight excluding hydrogens is 170 g/mol. The highest BCUT2D eigenvalue weighted by Crippen LogP contribution is 1.80. The van der Waals surface area contributed by atoms with Crippen LogP contribution in [0.1, 0.15) is 0 Å². The number of hydrogen-bond donors (Lipinski definition) is 1. The zero-order chi connectivity index (χ0) is 10.4. The van der Waals surface area contributed by atoms with Crippen LogP contribution in [0.2, 0.25) is 0 Å². The molecule has 0 spiro atoms. The van der Waals surface area contributed by atoms with E-state index < -0.39 is 5.97 Å². The predicted molar refractivity (Wildman–Crippen MR) is 50.2 cm³/mol. The predicted octanol–water partition coefficient (Wildman–Crippen LogP) is -0.590. The van der Waals surface area contributed by atoms with E-state index in [9.17, 15) is 4.79 Å². The van der Waals surface area contributed by atoms with Gasteiger partial charge in [0.15, 0.2) is 0 Å². The molecule has 0 aliphatic heterocycles. The Hall–Kier alpha value is -1.52. The molecule has 0 saturated heterocycles. The quantitative estimate of drug-likeness (QED) is 0.195. The summed E-state index contributed by atoms with van der Waals surface area (Å²) in [6.45, 7) is 3.28. The number of nitrogens with one attached hydrogen (secondary N) is 1. The maximum atomic E-state index is 10.7. The van der Waals surface area contributed by atoms with Gasteiger partial charge in [0.1, 0.15) is 0 Å². The van der Waals surface area contributed by atoms with E-state index in [0.29, 0.717) is 5.96 Å². The molecule has 0 aromatic carbocycles. The fraction of sp³-hybridized carbons (Fsp3) is 0.500. The third-order valence-electron chi connectivity index (χ3n) is 1.26. The molecule has 5 nitrogen and oxygen atoms in total. The van der Waals surface area contributed by atoms with Gasteiger partial charge in [-0.3, -0.25) is 14.3 Å². The number of guanidine groups is 1. The van der Waals surface area contributed by atoms with Crippen LogP contribution in [-0.4, -0.2) is 49.6 Å². The third-order valence-corrected chi connectivity index (χ3v) is 1.26. The fourth-order valence-corrected chi connectivity index (χ4v) is 0.720. The van der Waals surface area contributed by atoms with Crippen LogP contribution in [0.15, 0.2) is 12.7 Å². The second kappa shape index (κ2) is 5.18. The van der Waals surface area contributed by atoms with Crippen molar-refractivity contribution < 1.29 is 14.2 Å². The van der Waals surface area contributed by atoms with Crippen LogP contribution in [0.3, 0.4) is 0 Å². The zero-order valence-electron chi connectivity index (χ0n) is 8.50. The number of rotatable bonds is 1. The Balaban J connectivity index is 4.23. The minimum absolute atomic E-state index is 0.513. The van der Waals surface area contributed by atoms with Gasteiger partial charge in [0.05, 0.1) is 28.2 Å². The molecule has 13 heavy (non-hydrogen) atoms. The maximum Gasteiger partial charge on any atom is 0.384 e. The van der Waals surface area contributed by atoms with Gasteiger partial charge in [-0.25, -0.2) is 4.79 Å². The van der Waals surface area contributed by atoms with Crippen molar-refractivity contribution in [2.45, 2.75) is 0 Å². The van der Waals surface area contributed by atoms with Gasteiger partial charge in [-0.05, 0) is 0 Å². The van der Waals surface area contributed by atoms with Crippen molar-refractivity contribution in [3.8, 4) is 0 Å². The average molecular weight is 186 g/mol. The van der Waals surface area contributed by atoms with Gasteiger partial charge in [-0.1, -0.05) is 12.1 Å². The van der Waals surface area contributed by atoms with Crippen molar-refractivity contribution >= 4 is 11.9 Å². The first-order valence-electron chi connectivity index (χ1n) is 3.80. The molecule has 1 N–H and O–H groups in total. The largest absolute Gasteiger partial charge is 0.384 e. The molecule has 0 radical (unpaired) electrons. The van der Waals surface area contributed by atoms with E-state index in [0.717, 1.165) is 6.08 Å². The van der Waals surface area contributed by atoms with Crippen LogP contribution in [0.25, 0.3) is 0 Å². The molecule has 0 rings (SSSR count). The summed E-state index contributed by atoms with van der Waals surface area (Å²) in [6.07, 6.45) is 1.09. The Morgan fingerprint density at radius 1 is 1.54 bits per heavy atom. The maximum absolute atomic E-state index is 10.7. The van der Waals surface area contributed by atoms with E-state index in [1.807, 2.05) is 28.2 Å². The minimum Gasteiger partial charge on any atom is -0.282 e. The van der Waals surface area contributed by atoms with E-state index in [4.69, 9.17) is 0 Å². The van der Waals surface area contributed by atoms with Crippen LogP contribution >= 0.6 is 0 Å². The molecular formula is C8H16N3O2+. The molecule has 0 amide bonds. The van der Waals surface area contributed by atoms with Crippen LogP contribution in [0.5, 0.6) is 0 Å². The number of hydrogen-bond acceptors (Lipinski definition) is 2. The van der Waals surface area contributed by atoms with Gasteiger partial charge in [0.2, 0.25) is 0 Å². The molecule has 0 aromatic heterocycles. The smallest absolute Gasteiger partial charge is 0.282 e. The minimum atomic E-state index is -0.513. The van der Waals surface area contributed by atoms with E-state index in [2.05, 4.69) is 16.9 Å². The summed E-state index contributed by atoms with van der Waals surface area (Å²) < 4.78 is 1.79. The Kier molecular flexibility index (Phi) is 4.58. The molecule has 0 saturated carbocycles. The molecule has 74 valence electrons. The lowest BCUT2D eigenvalue weighted by Crippen LogP contribution is -2.42. The summed E-state index contributed by atoms with van der Waals surface area (Å²) in [7, 11) is 7.35. The third kappa shape index (κ3) is 4.15. The Morgan fingerprint density at radius 2 is 2.08 bits per heavy atom. The van der Waals surface area contributed by atoms with E-state index in [1.54, 1.807) is 9.48 Å². The number of nitrogens with zero attached hydrogens (tertiary/aromatic N) is 2. The van der Waals surface area contributed by atoms with Gasteiger partial charge >= 0.3 is 11.9 Å². The summed E-state index contributed by atoms with van der Waals surface area (Å²) in [6, 6.07) is 0. The topological polar surface area (TPSA) is 44.6 Å². The van der Waals surface area contributed by atoms with Gasteiger partial charge in [-0.2, -0.15) is 0 Å². The SMILES string of the molecule is C=CC(=O)ONC(N(C)C)=[N+](C)C. The Labute approximate surface area is 78.2 Å². The molecule has 0 bridgehead atoms. The second-order valence-electron chi connectivity index (χ2n) is 2.84. The van der Waals surface area contributed by atoms with Gasteiger partial charge < -0.3 is 0 Å². The number of carbonyl (C=O) groups excluding carboxylic acids is 1. The summed E-state index contributed by atoms with van der Waals surface area (Å²) in [5, 5.41) is 0. The lowest BCUT2D eigenvalue weighted by atomic mass is 10.7. The summed E-state index contributed by atoms with van der Waals surface area (Å²) in [5.74, 6) is 0.163. The molecule has 0 aliphatic carbocycles. The lowest BCUT2D eigenvalue weighted by Gasteiger charge is -2.10. The van der Waals surface area contributed by atoms with Crippen molar-refractivity contribution in [2.24, 2.45) is 0 Å². The fourth-order valence-electron chi connectivity index (χ4n) is 0.720. The van der Waals surface area contributed by atoms with Crippen molar-refractivity contribution in [2.75, 3.05) is 28.2 Å². The average Bonchev–Trinajstić information content (AvgIpc) is 2.03. The van der Waals surface area contributed by atoms with Crippen molar-refractivity contribution in [3.05, 3.63) is 12.7 Å². The van der Waals surface area contributed by atoms with Crippen LogP contribution < -0.4 is 5.48 Å². The zero-order valence-corrected chi connectivity index (χ0v) is 8.50. The van der Waals surface area contributed by atoms with Gasteiger partial charge in [0, 0.05) is 6.08 Å². The first-order valence-corrected chi connectivity index (χ1v) is 3.80. The molecule has 0 unspecified atom stereocenters. The number of carbonyl (C=O) groups is 1. The van der Waals surface area contributed by atoms with E-state index in [-0.39, 0.29) is 0 Å². The standard InChI is InChI=1S/C8H15N3O2/c1-6-7(12)13-9-8(10(2)3)11(4)5/h6H,1H2,2-5H3/p+1.